The molecule has 0 aliphatic carbocycles. The minimum atomic E-state index is -0.592. The van der Waals surface area contributed by atoms with Crippen molar-refractivity contribution in [3.8, 4) is 23.1 Å². The molecule has 9 heteroatoms. The molecule has 1 fully saturated rings. The quantitative estimate of drug-likeness (QED) is 0.364. The predicted octanol–water partition coefficient (Wildman–Crippen LogP) is 2.67. The Kier molecular flexibility index (Phi) is 7.22. The second-order valence-electron chi connectivity index (χ2n) is 7.62. The van der Waals surface area contributed by atoms with Gasteiger partial charge >= 0.3 is 0 Å². The van der Waals surface area contributed by atoms with E-state index in [0.717, 1.165) is 31.9 Å². The number of halogens is 1. The maximum Gasteiger partial charge on any atom is 0.154 e. The number of likely N-dealkylation sites (N-methyl/N-ethyl adjacent to an activating group) is 1. The van der Waals surface area contributed by atoms with Gasteiger partial charge in [-0.05, 0) is 49.4 Å². The van der Waals surface area contributed by atoms with Gasteiger partial charge in [-0.1, -0.05) is 12.0 Å². The molecule has 1 aliphatic heterocycles. The van der Waals surface area contributed by atoms with Crippen LogP contribution >= 0.6 is 0 Å². The van der Waals surface area contributed by atoms with Crippen LogP contribution in [0.5, 0.6) is 0 Å². The van der Waals surface area contributed by atoms with Gasteiger partial charge in [-0.3, -0.25) is 4.79 Å². The lowest BCUT2D eigenvalue weighted by Gasteiger charge is -2.21. The number of aromatic nitrogens is 4. The number of hydrogen-bond donors (Lipinski definition) is 1. The molecule has 8 nitrogen and oxygen atoms in total. The maximum atomic E-state index is 13.9. The number of nitrogen functional groups attached to an aromatic ring is 1. The number of benzene rings is 1. The number of nitrogens with two attached hydrogens (primary N) is 1. The van der Waals surface area contributed by atoms with E-state index in [9.17, 15) is 9.18 Å². The van der Waals surface area contributed by atoms with Crippen molar-refractivity contribution in [2.45, 2.75) is 0 Å². The van der Waals surface area contributed by atoms with Gasteiger partial charge in [0, 0.05) is 30.4 Å². The number of pyridine rings is 1. The molecule has 0 spiro atoms. The maximum absolute atomic E-state index is 13.9. The number of imidazole rings is 1. The lowest BCUT2D eigenvalue weighted by Crippen LogP contribution is -2.32. The third kappa shape index (κ3) is 5.61. The molecule has 4 aromatic rings. The molecule has 2 N–H and O–H groups in total. The van der Waals surface area contributed by atoms with Gasteiger partial charge in [0.25, 0.3) is 0 Å². The third-order valence-electron chi connectivity index (χ3n) is 5.14. The summed E-state index contributed by atoms with van der Waals surface area (Å²) in [7, 11) is 2.11. The van der Waals surface area contributed by atoms with E-state index < -0.39 is 5.82 Å². The number of carbonyl (C=O) groups excluding carboxylic acids is 1. The van der Waals surface area contributed by atoms with Gasteiger partial charge in [0.15, 0.2) is 11.9 Å². The molecule has 0 amide bonds. The number of ether oxygens (including phenoxy) is 1. The number of fused-ring (bicyclic) bond motifs is 1. The lowest BCUT2D eigenvalue weighted by molar-refractivity contribution is 0.0503. The number of carbonyl (C=O) groups is 1. The zero-order chi connectivity index (χ0) is 23.9. The molecule has 1 aliphatic rings. The van der Waals surface area contributed by atoms with E-state index in [1.807, 2.05) is 0 Å². The molecule has 1 saturated heterocycles. The average Bonchev–Trinajstić information content (AvgIpc) is 3.26. The van der Waals surface area contributed by atoms with E-state index in [1.165, 1.54) is 12.1 Å². The minimum absolute atomic E-state index is 0.00522. The van der Waals surface area contributed by atoms with Gasteiger partial charge in [-0.25, -0.2) is 18.9 Å². The van der Waals surface area contributed by atoms with E-state index >= 15 is 0 Å². The number of rotatable bonds is 2. The van der Waals surface area contributed by atoms with Crippen LogP contribution in [0.4, 0.5) is 10.2 Å². The van der Waals surface area contributed by atoms with Crippen molar-refractivity contribution in [3.63, 3.8) is 0 Å². The van der Waals surface area contributed by atoms with Crippen molar-refractivity contribution in [3.05, 3.63) is 77.5 Å². The highest BCUT2D eigenvalue weighted by Gasteiger charge is 2.09. The van der Waals surface area contributed by atoms with E-state index in [2.05, 4.69) is 38.9 Å². The van der Waals surface area contributed by atoms with E-state index in [0.29, 0.717) is 34.7 Å². The van der Waals surface area contributed by atoms with Gasteiger partial charge in [0.2, 0.25) is 0 Å². The Morgan fingerprint density at radius 2 is 1.91 bits per heavy atom. The van der Waals surface area contributed by atoms with Crippen LogP contribution in [-0.2, 0) is 4.74 Å². The van der Waals surface area contributed by atoms with Crippen molar-refractivity contribution in [2.24, 2.45) is 0 Å². The first-order valence-electron chi connectivity index (χ1n) is 10.6. The molecule has 0 unspecified atom stereocenters. The third-order valence-corrected chi connectivity index (χ3v) is 5.14. The lowest BCUT2D eigenvalue weighted by atomic mass is 10.1. The molecule has 0 radical (unpaired) electrons. The number of aldehydes is 1. The summed E-state index contributed by atoms with van der Waals surface area (Å²) in [5, 5.41) is 4.49. The number of anilines is 1. The minimum Gasteiger partial charge on any atom is -0.384 e. The highest BCUT2D eigenvalue weighted by atomic mass is 19.1. The summed E-state index contributed by atoms with van der Waals surface area (Å²) < 4.78 is 20.6. The topological polar surface area (TPSA) is 98.6 Å². The fourth-order valence-corrected chi connectivity index (χ4v) is 3.21. The van der Waals surface area contributed by atoms with Crippen LogP contribution in [-0.4, -0.2) is 64.1 Å². The molecule has 172 valence electrons. The Bertz CT molecular complexity index is 1370. The molecular weight excluding hydrogens is 435 g/mol. The standard InChI is InChI=1S/C20H12FN5O.C5H11NO/c21-17-10-14(2-3-15(17)12-27)18-5-6-20-24-11-16(26(20)25-18)4-1-13-7-8-23-19(22)9-13;1-6-2-4-7-5-3-6/h2-3,5-12H,(H2,22,23);2-5H2,1H3. The Balaban J connectivity index is 0.000000336. The summed E-state index contributed by atoms with van der Waals surface area (Å²) in [6, 6.07) is 11.3. The van der Waals surface area contributed by atoms with Crippen LogP contribution in [0.25, 0.3) is 16.9 Å². The van der Waals surface area contributed by atoms with Crippen LogP contribution in [0, 0.1) is 17.7 Å². The normalized spacial score (nSPS) is 13.5. The van der Waals surface area contributed by atoms with Crippen LogP contribution in [0.2, 0.25) is 0 Å². The number of nitrogens with zero attached hydrogens (tertiary/aromatic N) is 5. The predicted molar refractivity (Wildman–Crippen MR) is 127 cm³/mol. The molecule has 0 bridgehead atoms. The van der Waals surface area contributed by atoms with E-state index in [-0.39, 0.29) is 5.56 Å². The summed E-state index contributed by atoms with van der Waals surface area (Å²) in [5.41, 5.74) is 8.66. The number of morpholine rings is 1. The molecule has 34 heavy (non-hydrogen) atoms. The van der Waals surface area contributed by atoms with Crippen molar-refractivity contribution < 1.29 is 13.9 Å². The molecular formula is C25H23FN6O2. The monoisotopic (exact) mass is 458 g/mol. The van der Waals surface area contributed by atoms with Gasteiger partial charge in [-0.15, -0.1) is 0 Å². The Hall–Kier alpha value is -4.13. The Morgan fingerprint density at radius 3 is 2.59 bits per heavy atom. The van der Waals surface area contributed by atoms with Gasteiger partial charge in [0.1, 0.15) is 17.3 Å². The van der Waals surface area contributed by atoms with Gasteiger partial charge in [0.05, 0.1) is 30.7 Å². The number of hydrogen-bond acceptors (Lipinski definition) is 7. The zero-order valence-corrected chi connectivity index (χ0v) is 18.6. The molecule has 1 aromatic carbocycles. The highest BCUT2D eigenvalue weighted by Crippen LogP contribution is 2.20. The molecule has 0 saturated carbocycles. The largest absolute Gasteiger partial charge is 0.384 e. The summed E-state index contributed by atoms with van der Waals surface area (Å²) in [6.07, 6.45) is 3.67. The first-order valence-corrected chi connectivity index (χ1v) is 10.6. The summed E-state index contributed by atoms with van der Waals surface area (Å²) >= 11 is 0. The van der Waals surface area contributed by atoms with E-state index in [1.54, 1.807) is 47.2 Å². The van der Waals surface area contributed by atoms with Gasteiger partial charge in [-0.2, -0.15) is 5.10 Å². The van der Waals surface area contributed by atoms with Crippen molar-refractivity contribution in [1.82, 2.24) is 24.5 Å². The van der Waals surface area contributed by atoms with Crippen LogP contribution < -0.4 is 5.73 Å². The van der Waals surface area contributed by atoms with Crippen molar-refractivity contribution in [2.75, 3.05) is 39.1 Å². The molecule has 0 atom stereocenters. The summed E-state index contributed by atoms with van der Waals surface area (Å²) in [5.74, 6) is 5.80. The first kappa shape index (κ1) is 23.0. The fourth-order valence-electron chi connectivity index (χ4n) is 3.21. The van der Waals surface area contributed by atoms with Crippen LogP contribution in [0.1, 0.15) is 21.6 Å². The Morgan fingerprint density at radius 1 is 1.09 bits per heavy atom. The first-order chi connectivity index (χ1) is 16.5. The summed E-state index contributed by atoms with van der Waals surface area (Å²) in [6.45, 7) is 4.02. The van der Waals surface area contributed by atoms with Crippen molar-refractivity contribution in [1.29, 1.82) is 0 Å². The highest BCUT2D eigenvalue weighted by molar-refractivity contribution is 5.77. The fraction of sp³-hybridized carbons (Fsp3) is 0.200. The van der Waals surface area contributed by atoms with Crippen LogP contribution in [0.15, 0.2) is 54.9 Å². The zero-order valence-electron chi connectivity index (χ0n) is 18.6. The smallest absolute Gasteiger partial charge is 0.154 e. The van der Waals surface area contributed by atoms with Gasteiger partial charge < -0.3 is 15.4 Å². The molecule has 5 rings (SSSR count). The average molecular weight is 458 g/mol. The second kappa shape index (κ2) is 10.7. The van der Waals surface area contributed by atoms with Crippen LogP contribution in [0.3, 0.4) is 0 Å². The van der Waals surface area contributed by atoms with E-state index in [4.69, 9.17) is 10.5 Å². The molecule has 3 aromatic heterocycles. The summed E-state index contributed by atoms with van der Waals surface area (Å²) in [4.78, 5) is 21.2. The SMILES string of the molecule is CN1CCOCC1.Nc1cc(C#Cc2cnc3ccc(-c4ccc(C=O)c(F)c4)nn23)ccn1. The van der Waals surface area contributed by atoms with Crippen molar-refractivity contribution >= 4 is 17.8 Å². The second-order valence-corrected chi connectivity index (χ2v) is 7.62. The molecule has 4 heterocycles. The Labute approximate surface area is 196 Å².